The second-order valence-electron chi connectivity index (χ2n) is 6.08. The first-order chi connectivity index (χ1) is 11.0. The van der Waals surface area contributed by atoms with Gasteiger partial charge in [0.2, 0.25) is 0 Å². The molecule has 0 N–H and O–H groups in total. The van der Waals surface area contributed by atoms with Crippen molar-refractivity contribution in [1.29, 1.82) is 0 Å². The van der Waals surface area contributed by atoms with Gasteiger partial charge in [-0.1, -0.05) is 65.7 Å². The van der Waals surface area contributed by atoms with E-state index in [0.29, 0.717) is 0 Å². The molecule has 0 radical (unpaired) electrons. The van der Waals surface area contributed by atoms with Gasteiger partial charge in [0.25, 0.3) is 5.70 Å². The summed E-state index contributed by atoms with van der Waals surface area (Å²) in [5.41, 5.74) is 4.84. The molecule has 0 saturated carbocycles. The fraction of sp³-hybridized carbons (Fsp3) is 0.200. The molecule has 3 rings (SSSR count). The Morgan fingerprint density at radius 3 is 1.78 bits per heavy atom. The molecule has 2 aromatic carbocycles. The van der Waals surface area contributed by atoms with Gasteiger partial charge in [-0.2, -0.15) is 0 Å². The van der Waals surface area contributed by atoms with E-state index in [0.717, 1.165) is 5.56 Å². The van der Waals surface area contributed by atoms with E-state index in [2.05, 4.69) is 55.5 Å². The normalized spacial score (nSPS) is 20.2. The minimum absolute atomic E-state index is 0.0243. The summed E-state index contributed by atoms with van der Waals surface area (Å²) in [5.74, 6) is 0.0886. The predicted molar refractivity (Wildman–Crippen MR) is 92.1 cm³/mol. The molecule has 1 aliphatic carbocycles. The quantitative estimate of drug-likeness (QED) is 0.598. The molecule has 0 aliphatic heterocycles. The lowest BCUT2D eigenvalue weighted by Gasteiger charge is -2.25. The van der Waals surface area contributed by atoms with Crippen molar-refractivity contribution in [2.75, 3.05) is 0 Å². The van der Waals surface area contributed by atoms with Crippen LogP contribution in [0.25, 0.3) is 0 Å². The van der Waals surface area contributed by atoms with Crippen LogP contribution in [-0.2, 0) is 0 Å². The van der Waals surface area contributed by atoms with E-state index >= 15 is 0 Å². The number of benzene rings is 2. The van der Waals surface area contributed by atoms with E-state index in [9.17, 15) is 10.1 Å². The number of hydrogen-bond acceptors (Lipinski definition) is 2. The van der Waals surface area contributed by atoms with Crippen LogP contribution in [0.15, 0.2) is 72.5 Å². The summed E-state index contributed by atoms with van der Waals surface area (Å²) in [6.45, 7) is 4.10. The molecule has 23 heavy (non-hydrogen) atoms. The average Bonchev–Trinajstić information content (AvgIpc) is 2.56. The van der Waals surface area contributed by atoms with Crippen molar-refractivity contribution in [3.63, 3.8) is 0 Å². The lowest BCUT2D eigenvalue weighted by molar-refractivity contribution is -0.419. The summed E-state index contributed by atoms with van der Waals surface area (Å²) in [7, 11) is 0. The van der Waals surface area contributed by atoms with Gasteiger partial charge in [0.1, 0.15) is 0 Å². The lowest BCUT2D eigenvalue weighted by Crippen LogP contribution is -2.13. The van der Waals surface area contributed by atoms with Crippen LogP contribution in [0.4, 0.5) is 0 Å². The third kappa shape index (κ3) is 3.24. The van der Waals surface area contributed by atoms with Crippen LogP contribution in [0.3, 0.4) is 0 Å². The molecular weight excluding hydrogens is 286 g/mol. The van der Waals surface area contributed by atoms with Gasteiger partial charge in [-0.3, -0.25) is 10.1 Å². The molecule has 3 heteroatoms. The van der Waals surface area contributed by atoms with Gasteiger partial charge in [0.05, 0.1) is 4.92 Å². The number of nitro groups is 1. The molecule has 0 amide bonds. The Kier molecular flexibility index (Phi) is 4.11. The predicted octanol–water partition coefficient (Wildman–Crippen LogP) is 4.90. The van der Waals surface area contributed by atoms with E-state index in [-0.39, 0.29) is 22.5 Å². The number of nitrogens with zero attached hydrogens (tertiary/aromatic N) is 1. The van der Waals surface area contributed by atoms with Gasteiger partial charge in [-0.15, -0.1) is 0 Å². The van der Waals surface area contributed by atoms with Crippen molar-refractivity contribution in [2.45, 2.75) is 25.7 Å². The van der Waals surface area contributed by atoms with Crippen molar-refractivity contribution in [3.05, 3.63) is 105 Å². The number of hydrogen-bond donors (Lipinski definition) is 0. The van der Waals surface area contributed by atoms with Gasteiger partial charge in [0, 0.05) is 24.0 Å². The molecule has 1 aliphatic rings. The highest BCUT2D eigenvalue weighted by Gasteiger charge is 2.27. The molecule has 116 valence electrons. The van der Waals surface area contributed by atoms with Crippen molar-refractivity contribution < 1.29 is 4.92 Å². The van der Waals surface area contributed by atoms with Gasteiger partial charge in [-0.25, -0.2) is 0 Å². The van der Waals surface area contributed by atoms with Crippen LogP contribution >= 0.6 is 0 Å². The van der Waals surface area contributed by atoms with E-state index < -0.39 is 0 Å². The number of aryl methyl sites for hydroxylation is 2. The van der Waals surface area contributed by atoms with Gasteiger partial charge in [0.15, 0.2) is 0 Å². The Morgan fingerprint density at radius 1 is 0.826 bits per heavy atom. The van der Waals surface area contributed by atoms with Crippen molar-refractivity contribution >= 4 is 0 Å². The fourth-order valence-corrected chi connectivity index (χ4v) is 2.99. The summed E-state index contributed by atoms with van der Waals surface area (Å²) >= 11 is 0. The summed E-state index contributed by atoms with van der Waals surface area (Å²) in [6.07, 6.45) is 5.34. The molecule has 0 aromatic heterocycles. The first kappa shape index (κ1) is 15.2. The zero-order valence-corrected chi connectivity index (χ0v) is 13.3. The molecule has 0 saturated heterocycles. The van der Waals surface area contributed by atoms with Gasteiger partial charge < -0.3 is 0 Å². The fourth-order valence-electron chi connectivity index (χ4n) is 2.99. The van der Waals surface area contributed by atoms with Crippen LogP contribution in [0, 0.1) is 24.0 Å². The van der Waals surface area contributed by atoms with Crippen molar-refractivity contribution in [3.8, 4) is 0 Å². The van der Waals surface area contributed by atoms with Crippen molar-refractivity contribution in [1.82, 2.24) is 0 Å². The van der Waals surface area contributed by atoms with Crippen LogP contribution in [-0.4, -0.2) is 4.92 Å². The Morgan fingerprint density at radius 2 is 1.30 bits per heavy atom. The maximum absolute atomic E-state index is 11.2. The zero-order chi connectivity index (χ0) is 16.4. The highest BCUT2D eigenvalue weighted by Crippen LogP contribution is 2.39. The molecule has 0 spiro atoms. The third-order valence-electron chi connectivity index (χ3n) is 4.35. The molecule has 0 fully saturated rings. The standard InChI is InChI=1S/C20H19NO2/c1-14-3-7-16(8-4-14)19-12-11-18(21(22)23)13-20(19)17-9-5-15(2)6-10-17/h3-13,19-20H,1-2H3/t19-,20+/m1/s1. The van der Waals surface area contributed by atoms with Gasteiger partial charge >= 0.3 is 0 Å². The van der Waals surface area contributed by atoms with E-state index in [1.54, 1.807) is 12.2 Å². The van der Waals surface area contributed by atoms with Gasteiger partial charge in [-0.05, 0) is 25.0 Å². The smallest absolute Gasteiger partial charge is 0.258 e. The number of rotatable bonds is 3. The zero-order valence-electron chi connectivity index (χ0n) is 13.3. The molecule has 0 unspecified atom stereocenters. The second kappa shape index (κ2) is 6.21. The topological polar surface area (TPSA) is 43.1 Å². The highest BCUT2D eigenvalue weighted by molar-refractivity contribution is 5.41. The summed E-state index contributed by atoms with van der Waals surface area (Å²) in [5, 5.41) is 11.2. The molecule has 0 bridgehead atoms. The second-order valence-corrected chi connectivity index (χ2v) is 6.08. The Labute approximate surface area is 136 Å². The Balaban J connectivity index is 2.03. The summed E-state index contributed by atoms with van der Waals surface area (Å²) in [6, 6.07) is 16.6. The van der Waals surface area contributed by atoms with E-state index in [4.69, 9.17) is 0 Å². The summed E-state index contributed by atoms with van der Waals surface area (Å²) in [4.78, 5) is 10.8. The molecule has 2 atom stereocenters. The van der Waals surface area contributed by atoms with Crippen molar-refractivity contribution in [2.24, 2.45) is 0 Å². The van der Waals surface area contributed by atoms with Crippen LogP contribution in [0.2, 0.25) is 0 Å². The lowest BCUT2D eigenvalue weighted by atomic mass is 9.78. The maximum atomic E-state index is 11.2. The monoisotopic (exact) mass is 305 g/mol. The molecule has 0 heterocycles. The summed E-state index contributed by atoms with van der Waals surface area (Å²) < 4.78 is 0. The molecule has 3 nitrogen and oxygen atoms in total. The SMILES string of the molecule is Cc1ccc([C@H]2C=CC([N+](=O)[O-])=C[C@H]2c2ccc(C)cc2)cc1. The first-order valence-corrected chi connectivity index (χ1v) is 7.72. The minimum Gasteiger partial charge on any atom is -0.258 e. The van der Waals surface area contributed by atoms with Crippen LogP contribution in [0.5, 0.6) is 0 Å². The molecular formula is C20H19NO2. The Bertz CT molecular complexity index is 770. The van der Waals surface area contributed by atoms with E-state index in [1.807, 2.05) is 13.0 Å². The maximum Gasteiger partial charge on any atom is 0.265 e. The average molecular weight is 305 g/mol. The molecule has 2 aromatic rings. The van der Waals surface area contributed by atoms with Crippen LogP contribution in [0.1, 0.15) is 34.1 Å². The highest BCUT2D eigenvalue weighted by atomic mass is 16.6. The van der Waals surface area contributed by atoms with Crippen LogP contribution < -0.4 is 0 Å². The Hall–Kier alpha value is -2.68. The number of allylic oxidation sites excluding steroid dienone is 3. The minimum atomic E-state index is -0.316. The van der Waals surface area contributed by atoms with E-state index in [1.165, 1.54) is 16.7 Å². The first-order valence-electron chi connectivity index (χ1n) is 7.72. The third-order valence-corrected chi connectivity index (χ3v) is 4.35. The largest absolute Gasteiger partial charge is 0.265 e.